The second-order valence-electron chi connectivity index (χ2n) is 4.91. The largest absolute Gasteiger partial charge is 0.457 e. The average Bonchev–Trinajstić information content (AvgIpc) is 3.08. The summed E-state index contributed by atoms with van der Waals surface area (Å²) in [5.74, 6) is 0.136. The number of rotatable bonds is 4. The van der Waals surface area contributed by atoms with E-state index in [4.69, 9.17) is 28.2 Å². The van der Waals surface area contributed by atoms with Crippen LogP contribution in [-0.2, 0) is 4.79 Å². The summed E-state index contributed by atoms with van der Waals surface area (Å²) in [6.07, 6.45) is 3.21. The van der Waals surface area contributed by atoms with Crippen LogP contribution < -0.4 is 0 Å². The summed E-state index contributed by atoms with van der Waals surface area (Å²) in [6, 6.07) is 7.66. The maximum atomic E-state index is 13.9. The number of furan rings is 1. The molecule has 0 spiro atoms. The van der Waals surface area contributed by atoms with Gasteiger partial charge >= 0.3 is 0 Å². The normalized spacial score (nSPS) is 16.2. The number of hydrogen-bond acceptors (Lipinski definition) is 4. The van der Waals surface area contributed by atoms with Crippen molar-refractivity contribution < 1.29 is 13.6 Å². The lowest BCUT2D eigenvalue weighted by atomic mass is 10.1. The highest BCUT2D eigenvalue weighted by Gasteiger charge is 2.31. The molecule has 0 unspecified atom stereocenters. The predicted octanol–water partition coefficient (Wildman–Crippen LogP) is 5.13. The molecule has 24 heavy (non-hydrogen) atoms. The third kappa shape index (κ3) is 3.31. The minimum Gasteiger partial charge on any atom is -0.457 e. The number of carbonyl (C=O) groups is 1. The van der Waals surface area contributed by atoms with Crippen molar-refractivity contribution in [2.45, 2.75) is 0 Å². The third-order valence-electron chi connectivity index (χ3n) is 3.28. The highest BCUT2D eigenvalue weighted by molar-refractivity contribution is 8.26. The van der Waals surface area contributed by atoms with E-state index in [0.29, 0.717) is 37.9 Å². The molecule has 1 aromatic carbocycles. The topological polar surface area (TPSA) is 33.5 Å². The van der Waals surface area contributed by atoms with Gasteiger partial charge in [0.05, 0.1) is 10.5 Å². The first kappa shape index (κ1) is 17.0. The molecular weight excluding hydrogens is 369 g/mol. The molecule has 2 aromatic rings. The van der Waals surface area contributed by atoms with Gasteiger partial charge in [-0.05, 0) is 30.3 Å². The minimum absolute atomic E-state index is 0.194. The molecule has 1 fully saturated rings. The quantitative estimate of drug-likeness (QED) is 0.419. The fourth-order valence-corrected chi connectivity index (χ4v) is 3.59. The first-order valence-corrected chi connectivity index (χ1v) is 8.51. The Hall–Kier alpha value is -1.89. The van der Waals surface area contributed by atoms with E-state index in [-0.39, 0.29) is 5.91 Å². The molecule has 122 valence electrons. The number of thioether (sulfide) groups is 1. The smallest absolute Gasteiger partial charge is 0.266 e. The van der Waals surface area contributed by atoms with E-state index in [1.165, 1.54) is 22.7 Å². The summed E-state index contributed by atoms with van der Waals surface area (Å²) in [7, 11) is 0. The van der Waals surface area contributed by atoms with Gasteiger partial charge in [0.15, 0.2) is 0 Å². The van der Waals surface area contributed by atoms with Crippen molar-refractivity contribution in [3.8, 4) is 11.3 Å². The average molecular weight is 380 g/mol. The van der Waals surface area contributed by atoms with Crippen molar-refractivity contribution in [2.24, 2.45) is 0 Å². The zero-order chi connectivity index (χ0) is 17.3. The van der Waals surface area contributed by atoms with Crippen molar-refractivity contribution in [3.05, 3.63) is 64.5 Å². The molecule has 2 heterocycles. The van der Waals surface area contributed by atoms with Crippen LogP contribution >= 0.6 is 35.6 Å². The highest BCUT2D eigenvalue weighted by atomic mass is 35.5. The Kier molecular flexibility index (Phi) is 4.89. The lowest BCUT2D eigenvalue weighted by Gasteiger charge is -2.10. The van der Waals surface area contributed by atoms with Gasteiger partial charge in [-0.1, -0.05) is 41.7 Å². The van der Waals surface area contributed by atoms with Crippen molar-refractivity contribution in [3.63, 3.8) is 0 Å². The van der Waals surface area contributed by atoms with E-state index in [1.54, 1.807) is 36.4 Å². The molecule has 0 radical (unpaired) electrons. The number of carbonyl (C=O) groups excluding carboxylic acids is 1. The Balaban J connectivity index is 1.88. The SMILES string of the molecule is C=CCN1C(=O)/C(=C/c2ccc(-c3ccc(Cl)cc3F)o2)SC1=S. The number of nitrogens with zero attached hydrogens (tertiary/aromatic N) is 1. The molecule has 1 aliphatic heterocycles. The molecule has 3 nitrogen and oxygen atoms in total. The summed E-state index contributed by atoms with van der Waals surface area (Å²) < 4.78 is 20.0. The molecule has 3 rings (SSSR count). The van der Waals surface area contributed by atoms with E-state index in [1.807, 2.05) is 0 Å². The van der Waals surface area contributed by atoms with Gasteiger partial charge in [0.25, 0.3) is 5.91 Å². The Labute approximate surface area is 152 Å². The third-order valence-corrected chi connectivity index (χ3v) is 4.89. The van der Waals surface area contributed by atoms with Gasteiger partial charge in [-0.25, -0.2) is 4.39 Å². The Bertz CT molecular complexity index is 875. The lowest BCUT2D eigenvalue weighted by Crippen LogP contribution is -2.27. The van der Waals surface area contributed by atoms with Crippen LogP contribution in [0.15, 0.2) is 52.3 Å². The summed E-state index contributed by atoms with van der Waals surface area (Å²) in [4.78, 5) is 14.2. The van der Waals surface area contributed by atoms with Crippen LogP contribution in [0.4, 0.5) is 4.39 Å². The maximum Gasteiger partial charge on any atom is 0.266 e. The van der Waals surface area contributed by atoms with E-state index in [9.17, 15) is 9.18 Å². The minimum atomic E-state index is -0.472. The highest BCUT2D eigenvalue weighted by Crippen LogP contribution is 2.34. The van der Waals surface area contributed by atoms with Crippen molar-refractivity contribution in [1.82, 2.24) is 4.90 Å². The fraction of sp³-hybridized carbons (Fsp3) is 0.0588. The van der Waals surface area contributed by atoms with Crippen molar-refractivity contribution in [2.75, 3.05) is 6.54 Å². The van der Waals surface area contributed by atoms with Gasteiger partial charge in [-0.2, -0.15) is 0 Å². The summed E-state index contributed by atoms with van der Waals surface area (Å²) in [6.45, 7) is 3.97. The summed E-state index contributed by atoms with van der Waals surface area (Å²) in [5, 5.41) is 0.314. The van der Waals surface area contributed by atoms with Crippen LogP contribution in [0.3, 0.4) is 0 Å². The lowest BCUT2D eigenvalue weighted by molar-refractivity contribution is -0.121. The van der Waals surface area contributed by atoms with Gasteiger partial charge < -0.3 is 4.42 Å². The molecule has 0 aliphatic carbocycles. The van der Waals surface area contributed by atoms with Crippen LogP contribution in [0.5, 0.6) is 0 Å². The van der Waals surface area contributed by atoms with Crippen LogP contribution in [0.25, 0.3) is 17.4 Å². The second-order valence-corrected chi connectivity index (χ2v) is 7.02. The van der Waals surface area contributed by atoms with Gasteiger partial charge in [0, 0.05) is 17.6 Å². The van der Waals surface area contributed by atoms with Crippen LogP contribution in [0.1, 0.15) is 5.76 Å². The molecule has 1 saturated heterocycles. The zero-order valence-corrected chi connectivity index (χ0v) is 14.7. The second kappa shape index (κ2) is 6.93. The Morgan fingerprint density at radius 1 is 1.38 bits per heavy atom. The van der Waals surface area contributed by atoms with Gasteiger partial charge in [0.2, 0.25) is 0 Å². The van der Waals surface area contributed by atoms with Crippen molar-refractivity contribution in [1.29, 1.82) is 0 Å². The molecule has 1 aromatic heterocycles. The number of halogens is 2. The summed E-state index contributed by atoms with van der Waals surface area (Å²) >= 11 is 12.1. The number of benzene rings is 1. The molecule has 0 bridgehead atoms. The van der Waals surface area contributed by atoms with Crippen molar-refractivity contribution >= 4 is 51.9 Å². The number of hydrogen-bond donors (Lipinski definition) is 0. The van der Waals surface area contributed by atoms with E-state index < -0.39 is 5.82 Å². The molecule has 0 N–H and O–H groups in total. The fourth-order valence-electron chi connectivity index (χ4n) is 2.18. The Morgan fingerprint density at radius 3 is 2.88 bits per heavy atom. The van der Waals surface area contributed by atoms with Crippen LogP contribution in [-0.4, -0.2) is 21.7 Å². The molecule has 0 saturated carbocycles. The molecule has 0 atom stereocenters. The Morgan fingerprint density at radius 2 is 2.17 bits per heavy atom. The molecule has 7 heteroatoms. The standard InChI is InChI=1S/C17H11ClFNO2S2/c1-2-7-20-16(21)15(24-17(20)23)9-11-4-6-14(22-11)12-5-3-10(18)8-13(12)19/h2-6,8-9H,1,7H2/b15-9-. The number of thiocarbonyl (C=S) groups is 1. The molecule has 1 amide bonds. The zero-order valence-electron chi connectivity index (χ0n) is 12.3. The number of amides is 1. The van der Waals surface area contributed by atoms with Gasteiger partial charge in [0.1, 0.15) is 21.7 Å². The van der Waals surface area contributed by atoms with E-state index >= 15 is 0 Å². The van der Waals surface area contributed by atoms with Gasteiger partial charge in [-0.15, -0.1) is 6.58 Å². The monoisotopic (exact) mass is 379 g/mol. The predicted molar refractivity (Wildman–Crippen MR) is 99.2 cm³/mol. The van der Waals surface area contributed by atoms with E-state index in [0.717, 1.165) is 0 Å². The maximum absolute atomic E-state index is 13.9. The van der Waals surface area contributed by atoms with Gasteiger partial charge in [-0.3, -0.25) is 9.69 Å². The first-order chi connectivity index (χ1) is 11.5. The van der Waals surface area contributed by atoms with E-state index in [2.05, 4.69) is 6.58 Å². The first-order valence-electron chi connectivity index (χ1n) is 6.91. The molecule has 1 aliphatic rings. The van der Waals surface area contributed by atoms with Crippen LogP contribution in [0.2, 0.25) is 5.02 Å². The summed E-state index contributed by atoms with van der Waals surface area (Å²) in [5.41, 5.74) is 0.304. The molecular formula is C17H11ClFNO2S2. The van der Waals surface area contributed by atoms with Crippen LogP contribution in [0, 0.1) is 5.82 Å².